The van der Waals surface area contributed by atoms with E-state index in [2.05, 4.69) is 62.8 Å². The van der Waals surface area contributed by atoms with E-state index < -0.39 is 0 Å². The van der Waals surface area contributed by atoms with Crippen molar-refractivity contribution in [2.75, 3.05) is 5.32 Å². The number of hydrogen-bond acceptors (Lipinski definition) is 5. The van der Waals surface area contributed by atoms with Gasteiger partial charge in [-0.3, -0.25) is 20.1 Å². The molecule has 0 fully saturated rings. The van der Waals surface area contributed by atoms with Crippen molar-refractivity contribution in [1.29, 1.82) is 0 Å². The highest BCUT2D eigenvalue weighted by Gasteiger charge is 2.17. The minimum absolute atomic E-state index is 0.0809. The molecule has 0 bridgehead atoms. The Hall–Kier alpha value is -4.85. The fourth-order valence-electron chi connectivity index (χ4n) is 4.35. The van der Waals surface area contributed by atoms with Gasteiger partial charge in [0.2, 0.25) is 0 Å². The second-order valence-corrected chi connectivity index (χ2v) is 10.3. The SMILES string of the molecule is C=C(Nc1cncc(-c2cc3c(-c4cc5c(-c6cccc(F)c6)cncc5[nH]4)n[nH]c3cn2)c1)C(C)(C)C. The van der Waals surface area contributed by atoms with Crippen LogP contribution in [-0.4, -0.2) is 30.1 Å². The second-order valence-electron chi connectivity index (χ2n) is 10.3. The van der Waals surface area contributed by atoms with Crippen molar-refractivity contribution >= 4 is 27.5 Å². The number of H-pyrrole nitrogens is 2. The first kappa shape index (κ1) is 23.5. The van der Waals surface area contributed by atoms with Crippen LogP contribution in [0, 0.1) is 11.2 Å². The van der Waals surface area contributed by atoms with Gasteiger partial charge >= 0.3 is 0 Å². The molecule has 0 spiro atoms. The van der Waals surface area contributed by atoms with E-state index in [1.165, 1.54) is 12.1 Å². The van der Waals surface area contributed by atoms with Crippen molar-refractivity contribution in [3.63, 3.8) is 0 Å². The molecule has 0 aliphatic carbocycles. The molecule has 7 nitrogen and oxygen atoms in total. The van der Waals surface area contributed by atoms with Gasteiger partial charge in [0.1, 0.15) is 11.5 Å². The van der Waals surface area contributed by atoms with E-state index in [4.69, 9.17) is 0 Å². The number of nitrogens with one attached hydrogen (secondary N) is 3. The van der Waals surface area contributed by atoms with Crippen LogP contribution in [0.1, 0.15) is 20.8 Å². The smallest absolute Gasteiger partial charge is 0.123 e. The maximum atomic E-state index is 13.9. The Morgan fingerprint density at radius 2 is 1.74 bits per heavy atom. The van der Waals surface area contributed by atoms with Gasteiger partial charge in [0.05, 0.1) is 46.7 Å². The molecule has 6 rings (SSSR count). The Morgan fingerprint density at radius 1 is 0.895 bits per heavy atom. The highest BCUT2D eigenvalue weighted by atomic mass is 19.1. The summed E-state index contributed by atoms with van der Waals surface area (Å²) >= 11 is 0. The molecule has 0 amide bonds. The zero-order chi connectivity index (χ0) is 26.4. The first-order valence-corrected chi connectivity index (χ1v) is 12.3. The summed E-state index contributed by atoms with van der Waals surface area (Å²) in [5.74, 6) is -0.287. The Morgan fingerprint density at radius 3 is 2.55 bits per heavy atom. The minimum atomic E-state index is -0.287. The number of anilines is 1. The van der Waals surface area contributed by atoms with Crippen LogP contribution in [-0.2, 0) is 0 Å². The maximum Gasteiger partial charge on any atom is 0.123 e. The molecule has 38 heavy (non-hydrogen) atoms. The first-order valence-electron chi connectivity index (χ1n) is 12.3. The quantitative estimate of drug-likeness (QED) is 0.229. The van der Waals surface area contributed by atoms with Gasteiger partial charge in [-0.15, -0.1) is 0 Å². The summed E-state index contributed by atoms with van der Waals surface area (Å²) in [5.41, 5.74) is 8.17. The summed E-state index contributed by atoms with van der Waals surface area (Å²) in [6.07, 6.45) is 8.86. The summed E-state index contributed by atoms with van der Waals surface area (Å²) in [6, 6.07) is 12.6. The number of benzene rings is 1. The highest BCUT2D eigenvalue weighted by Crippen LogP contribution is 2.35. The second kappa shape index (κ2) is 8.92. The van der Waals surface area contributed by atoms with Gasteiger partial charge in [-0.05, 0) is 35.9 Å². The monoisotopic (exact) mass is 503 g/mol. The average Bonchev–Trinajstić information content (AvgIpc) is 3.52. The molecule has 0 unspecified atom stereocenters. The normalized spacial score (nSPS) is 11.8. The molecule has 3 N–H and O–H groups in total. The molecule has 0 saturated heterocycles. The number of pyridine rings is 3. The lowest BCUT2D eigenvalue weighted by atomic mass is 9.93. The van der Waals surface area contributed by atoms with Crippen molar-refractivity contribution < 1.29 is 4.39 Å². The van der Waals surface area contributed by atoms with Gasteiger partial charge in [-0.2, -0.15) is 5.10 Å². The van der Waals surface area contributed by atoms with Crippen molar-refractivity contribution in [3.8, 4) is 33.8 Å². The molecule has 188 valence electrons. The minimum Gasteiger partial charge on any atom is -0.358 e. The van der Waals surface area contributed by atoms with Crippen LogP contribution >= 0.6 is 0 Å². The summed E-state index contributed by atoms with van der Waals surface area (Å²) < 4.78 is 13.9. The number of aromatic amines is 2. The number of fused-ring (bicyclic) bond motifs is 2. The molecule has 1 aromatic carbocycles. The van der Waals surface area contributed by atoms with E-state index in [0.717, 1.165) is 67.0 Å². The van der Waals surface area contributed by atoms with Gasteiger partial charge in [0.15, 0.2) is 0 Å². The number of hydrogen-bond donors (Lipinski definition) is 3. The van der Waals surface area contributed by atoms with Crippen LogP contribution in [0.4, 0.5) is 10.1 Å². The largest absolute Gasteiger partial charge is 0.358 e. The fraction of sp³-hybridized carbons (Fsp3) is 0.133. The standard InChI is InChI=1S/C30H26FN7/c1-17(30(2,3)4)35-21-9-19(12-32-13-21)25-11-23-28(16-34-25)37-38-29(23)26-10-22-24(14-33-15-27(22)36-26)18-6-5-7-20(31)8-18/h5-16,35-36H,1H2,2-4H3,(H,37,38). The zero-order valence-electron chi connectivity index (χ0n) is 21.3. The number of allylic oxidation sites excluding steroid dienone is 1. The maximum absolute atomic E-state index is 13.9. The number of nitrogens with zero attached hydrogens (tertiary/aromatic N) is 4. The predicted molar refractivity (Wildman–Crippen MR) is 150 cm³/mol. The Balaban J connectivity index is 1.40. The van der Waals surface area contributed by atoms with E-state index in [-0.39, 0.29) is 11.2 Å². The van der Waals surface area contributed by atoms with E-state index in [9.17, 15) is 4.39 Å². The predicted octanol–water partition coefficient (Wildman–Crippen LogP) is 7.34. The van der Waals surface area contributed by atoms with Gasteiger partial charge in [-0.25, -0.2) is 4.39 Å². The molecule has 6 aromatic rings. The molecule has 0 saturated carbocycles. The number of aromatic nitrogens is 6. The summed E-state index contributed by atoms with van der Waals surface area (Å²) in [5, 5.41) is 12.9. The zero-order valence-corrected chi connectivity index (χ0v) is 21.3. The van der Waals surface area contributed by atoms with E-state index in [1.54, 1.807) is 37.1 Å². The summed E-state index contributed by atoms with van der Waals surface area (Å²) in [7, 11) is 0. The van der Waals surface area contributed by atoms with Crippen LogP contribution in [0.5, 0.6) is 0 Å². The van der Waals surface area contributed by atoms with Gasteiger partial charge in [0.25, 0.3) is 0 Å². The Bertz CT molecular complexity index is 1820. The van der Waals surface area contributed by atoms with Crippen LogP contribution in [0.25, 0.3) is 55.6 Å². The van der Waals surface area contributed by atoms with Gasteiger partial charge < -0.3 is 10.3 Å². The molecule has 8 heteroatoms. The Kier molecular flexibility index (Phi) is 5.52. The molecular weight excluding hydrogens is 477 g/mol. The average molecular weight is 504 g/mol. The topological polar surface area (TPSA) is 95.2 Å². The third kappa shape index (κ3) is 4.30. The van der Waals surface area contributed by atoms with Gasteiger partial charge in [-0.1, -0.05) is 39.5 Å². The summed E-state index contributed by atoms with van der Waals surface area (Å²) in [4.78, 5) is 16.8. The van der Waals surface area contributed by atoms with E-state index >= 15 is 0 Å². The van der Waals surface area contributed by atoms with Crippen molar-refractivity contribution in [1.82, 2.24) is 30.1 Å². The van der Waals surface area contributed by atoms with Crippen LogP contribution in [0.3, 0.4) is 0 Å². The Labute approximate surface area is 218 Å². The van der Waals surface area contributed by atoms with Crippen LogP contribution in [0.15, 0.2) is 85.7 Å². The van der Waals surface area contributed by atoms with E-state index in [0.29, 0.717) is 0 Å². The third-order valence-electron chi connectivity index (χ3n) is 6.62. The molecule has 0 aliphatic rings. The lowest BCUT2D eigenvalue weighted by Gasteiger charge is -2.23. The molecule has 5 aromatic heterocycles. The molecule has 0 atom stereocenters. The van der Waals surface area contributed by atoms with Gasteiger partial charge in [0, 0.05) is 45.4 Å². The molecule has 5 heterocycles. The molecule has 0 aliphatic heterocycles. The van der Waals surface area contributed by atoms with Crippen molar-refractivity contribution in [2.24, 2.45) is 5.41 Å². The number of halogens is 1. The van der Waals surface area contributed by atoms with Crippen LogP contribution in [0.2, 0.25) is 0 Å². The third-order valence-corrected chi connectivity index (χ3v) is 6.62. The highest BCUT2D eigenvalue weighted by molar-refractivity contribution is 6.01. The molecule has 0 radical (unpaired) electrons. The fourth-order valence-corrected chi connectivity index (χ4v) is 4.35. The molecular formula is C30H26FN7. The van der Waals surface area contributed by atoms with Crippen molar-refractivity contribution in [2.45, 2.75) is 20.8 Å². The van der Waals surface area contributed by atoms with Crippen molar-refractivity contribution in [3.05, 3.63) is 91.5 Å². The van der Waals surface area contributed by atoms with E-state index in [1.807, 2.05) is 24.3 Å². The lowest BCUT2D eigenvalue weighted by Crippen LogP contribution is -2.15. The van der Waals surface area contributed by atoms with Crippen LogP contribution < -0.4 is 5.32 Å². The lowest BCUT2D eigenvalue weighted by molar-refractivity contribution is 0.509. The first-order chi connectivity index (χ1) is 18.3. The summed E-state index contributed by atoms with van der Waals surface area (Å²) in [6.45, 7) is 10.5. The number of rotatable bonds is 5.